The van der Waals surface area contributed by atoms with Crippen LogP contribution in [0.15, 0.2) is 18.2 Å². The van der Waals surface area contributed by atoms with Crippen molar-refractivity contribution in [1.29, 1.82) is 0 Å². The molecule has 0 aliphatic rings. The van der Waals surface area contributed by atoms with E-state index < -0.39 is 47.6 Å². The van der Waals surface area contributed by atoms with Crippen molar-refractivity contribution in [3.63, 3.8) is 0 Å². The van der Waals surface area contributed by atoms with Gasteiger partial charge in [0.1, 0.15) is 6.54 Å². The standard InChI is InChI=1S/C14H14N2O9/c1-23-12(18)6-15-11(17)7-25-14(20)9-3-8(13(19)24-2)4-10(5-9)16(21)22/h3-5H,6-7H2,1-2H3,(H,15,17). The summed E-state index contributed by atoms with van der Waals surface area (Å²) in [4.78, 5) is 55.8. The van der Waals surface area contributed by atoms with Gasteiger partial charge >= 0.3 is 17.9 Å². The van der Waals surface area contributed by atoms with Gasteiger partial charge < -0.3 is 19.5 Å². The molecule has 1 aromatic rings. The van der Waals surface area contributed by atoms with Crippen LogP contribution in [0.2, 0.25) is 0 Å². The second kappa shape index (κ2) is 8.96. The average Bonchev–Trinajstić information content (AvgIpc) is 2.62. The molecule has 0 radical (unpaired) electrons. The van der Waals surface area contributed by atoms with Crippen molar-refractivity contribution in [2.45, 2.75) is 0 Å². The number of methoxy groups -OCH3 is 2. The van der Waals surface area contributed by atoms with E-state index in [-0.39, 0.29) is 11.1 Å². The smallest absolute Gasteiger partial charge is 0.338 e. The quantitative estimate of drug-likeness (QED) is 0.304. The minimum atomic E-state index is -1.07. The number of rotatable bonds is 7. The highest BCUT2D eigenvalue weighted by Crippen LogP contribution is 2.18. The summed E-state index contributed by atoms with van der Waals surface area (Å²) in [7, 11) is 2.21. The molecule has 1 amide bonds. The number of benzene rings is 1. The molecule has 25 heavy (non-hydrogen) atoms. The number of nitro benzene ring substituents is 1. The molecule has 0 saturated carbocycles. The van der Waals surface area contributed by atoms with Gasteiger partial charge in [-0.1, -0.05) is 0 Å². The van der Waals surface area contributed by atoms with Crippen molar-refractivity contribution in [2.75, 3.05) is 27.4 Å². The van der Waals surface area contributed by atoms with Crippen LogP contribution < -0.4 is 5.32 Å². The summed E-state index contributed by atoms with van der Waals surface area (Å²) >= 11 is 0. The number of nitrogens with zero attached hydrogens (tertiary/aromatic N) is 1. The van der Waals surface area contributed by atoms with Gasteiger partial charge in [0.05, 0.1) is 30.3 Å². The molecule has 134 valence electrons. The molecule has 0 bridgehead atoms. The Bertz CT molecular complexity index is 714. The van der Waals surface area contributed by atoms with Crippen LogP contribution in [0.5, 0.6) is 0 Å². The lowest BCUT2D eigenvalue weighted by Crippen LogP contribution is -2.33. The van der Waals surface area contributed by atoms with Crippen molar-refractivity contribution in [1.82, 2.24) is 5.32 Å². The van der Waals surface area contributed by atoms with Crippen LogP contribution in [0.1, 0.15) is 20.7 Å². The summed E-state index contributed by atoms with van der Waals surface area (Å²) in [5, 5.41) is 13.0. The summed E-state index contributed by atoms with van der Waals surface area (Å²) < 4.78 is 13.4. The largest absolute Gasteiger partial charge is 0.468 e. The molecule has 0 aromatic heterocycles. The molecular formula is C14H14N2O9. The number of esters is 3. The van der Waals surface area contributed by atoms with Crippen LogP contribution in [0, 0.1) is 10.1 Å². The van der Waals surface area contributed by atoms with E-state index in [9.17, 15) is 29.3 Å². The topological polar surface area (TPSA) is 151 Å². The number of nitro groups is 1. The lowest BCUT2D eigenvalue weighted by molar-refractivity contribution is -0.384. The number of hydrogen-bond acceptors (Lipinski definition) is 9. The second-order valence-electron chi connectivity index (χ2n) is 4.45. The third-order valence-electron chi connectivity index (χ3n) is 2.78. The molecule has 0 spiro atoms. The first-order chi connectivity index (χ1) is 11.8. The highest BCUT2D eigenvalue weighted by Gasteiger charge is 2.20. The van der Waals surface area contributed by atoms with Gasteiger partial charge in [-0.15, -0.1) is 0 Å². The van der Waals surface area contributed by atoms with Gasteiger partial charge in [0.25, 0.3) is 11.6 Å². The van der Waals surface area contributed by atoms with Crippen molar-refractivity contribution in [3.8, 4) is 0 Å². The number of carbonyl (C=O) groups excluding carboxylic acids is 4. The third-order valence-corrected chi connectivity index (χ3v) is 2.78. The number of carbonyl (C=O) groups is 4. The zero-order chi connectivity index (χ0) is 19.0. The van der Waals surface area contributed by atoms with Gasteiger partial charge in [0.15, 0.2) is 6.61 Å². The molecule has 0 fully saturated rings. The Kier molecular flexibility index (Phi) is 7.00. The molecular weight excluding hydrogens is 340 g/mol. The van der Waals surface area contributed by atoms with Crippen LogP contribution in [-0.2, 0) is 23.8 Å². The van der Waals surface area contributed by atoms with E-state index >= 15 is 0 Å². The van der Waals surface area contributed by atoms with E-state index in [1.54, 1.807) is 0 Å². The van der Waals surface area contributed by atoms with Gasteiger partial charge in [-0.2, -0.15) is 0 Å². The Hall–Kier alpha value is -3.50. The maximum atomic E-state index is 11.9. The molecule has 1 N–H and O–H groups in total. The molecule has 1 rings (SSSR count). The maximum Gasteiger partial charge on any atom is 0.338 e. The maximum absolute atomic E-state index is 11.9. The first-order valence-corrected chi connectivity index (χ1v) is 6.67. The fourth-order valence-electron chi connectivity index (χ4n) is 1.58. The van der Waals surface area contributed by atoms with Gasteiger partial charge in [0.2, 0.25) is 0 Å². The number of hydrogen-bond donors (Lipinski definition) is 1. The Morgan fingerprint density at radius 2 is 1.64 bits per heavy atom. The van der Waals surface area contributed by atoms with Crippen molar-refractivity contribution in [2.24, 2.45) is 0 Å². The SMILES string of the molecule is COC(=O)CNC(=O)COC(=O)c1cc(C(=O)OC)cc([N+](=O)[O-])c1. The molecule has 1 aromatic carbocycles. The highest BCUT2D eigenvalue weighted by molar-refractivity contribution is 5.97. The van der Waals surface area contributed by atoms with Crippen molar-refractivity contribution >= 4 is 29.5 Å². The number of nitrogens with one attached hydrogen (secondary N) is 1. The number of amides is 1. The molecule has 0 aliphatic heterocycles. The lowest BCUT2D eigenvalue weighted by atomic mass is 10.1. The van der Waals surface area contributed by atoms with Gasteiger partial charge in [-0.3, -0.25) is 19.7 Å². The monoisotopic (exact) mass is 354 g/mol. The summed E-state index contributed by atoms with van der Waals surface area (Å²) in [5.41, 5.74) is -1.06. The normalized spacial score (nSPS) is 9.68. The molecule has 11 nitrogen and oxygen atoms in total. The average molecular weight is 354 g/mol. The fourth-order valence-corrected chi connectivity index (χ4v) is 1.58. The van der Waals surface area contributed by atoms with Crippen molar-refractivity contribution in [3.05, 3.63) is 39.4 Å². The van der Waals surface area contributed by atoms with Crippen LogP contribution >= 0.6 is 0 Å². The summed E-state index contributed by atoms with van der Waals surface area (Å²) in [5.74, 6) is -3.42. The molecule has 0 atom stereocenters. The molecule has 0 unspecified atom stereocenters. The van der Waals surface area contributed by atoms with Crippen LogP contribution in [-0.4, -0.2) is 56.1 Å². The molecule has 0 aliphatic carbocycles. The first-order valence-electron chi connectivity index (χ1n) is 6.67. The van der Waals surface area contributed by atoms with Crippen LogP contribution in [0.25, 0.3) is 0 Å². The Morgan fingerprint density at radius 1 is 1.04 bits per heavy atom. The van der Waals surface area contributed by atoms with Crippen molar-refractivity contribution < 1.29 is 38.3 Å². The summed E-state index contributed by atoms with van der Waals surface area (Å²) in [6, 6.07) is 2.86. The van der Waals surface area contributed by atoms with Gasteiger partial charge in [-0.25, -0.2) is 9.59 Å². The zero-order valence-electron chi connectivity index (χ0n) is 13.3. The molecule has 11 heteroatoms. The predicted molar refractivity (Wildman–Crippen MR) is 79.7 cm³/mol. The minimum absolute atomic E-state index is 0.223. The minimum Gasteiger partial charge on any atom is -0.468 e. The van der Waals surface area contributed by atoms with Crippen LogP contribution in [0.4, 0.5) is 5.69 Å². The Balaban J connectivity index is 2.82. The highest BCUT2D eigenvalue weighted by atomic mass is 16.6. The van der Waals surface area contributed by atoms with E-state index in [2.05, 4.69) is 19.5 Å². The first kappa shape index (κ1) is 19.5. The fraction of sp³-hybridized carbons (Fsp3) is 0.286. The van der Waals surface area contributed by atoms with E-state index in [0.717, 1.165) is 32.4 Å². The van der Waals surface area contributed by atoms with E-state index in [1.165, 1.54) is 0 Å². The van der Waals surface area contributed by atoms with Gasteiger partial charge in [0, 0.05) is 12.1 Å². The number of ether oxygens (including phenoxy) is 3. The zero-order valence-corrected chi connectivity index (χ0v) is 13.3. The van der Waals surface area contributed by atoms with E-state index in [1.807, 2.05) is 0 Å². The van der Waals surface area contributed by atoms with E-state index in [4.69, 9.17) is 0 Å². The van der Waals surface area contributed by atoms with Crippen LogP contribution in [0.3, 0.4) is 0 Å². The predicted octanol–water partition coefficient (Wildman–Crippen LogP) is -0.173. The second-order valence-corrected chi connectivity index (χ2v) is 4.45. The third kappa shape index (κ3) is 5.89. The lowest BCUT2D eigenvalue weighted by Gasteiger charge is -2.07. The Morgan fingerprint density at radius 3 is 2.16 bits per heavy atom. The molecule has 0 heterocycles. The Labute approximate surface area is 141 Å². The summed E-state index contributed by atoms with van der Waals surface area (Å²) in [6.45, 7) is -1.14. The van der Waals surface area contributed by atoms with Gasteiger partial charge in [-0.05, 0) is 6.07 Å². The van der Waals surface area contributed by atoms with E-state index in [0.29, 0.717) is 0 Å². The molecule has 0 saturated heterocycles. The summed E-state index contributed by atoms with van der Waals surface area (Å²) in [6.07, 6.45) is 0. The number of non-ortho nitro benzene ring substituents is 1.